The van der Waals surface area contributed by atoms with Crippen LogP contribution < -0.4 is 11.1 Å². The minimum atomic E-state index is -0.321. The Morgan fingerprint density at radius 3 is 2.72 bits per heavy atom. The molecule has 0 unspecified atom stereocenters. The summed E-state index contributed by atoms with van der Waals surface area (Å²) >= 11 is 1.45. The number of thiophene rings is 1. The van der Waals surface area contributed by atoms with E-state index in [1.165, 1.54) is 11.3 Å². The lowest BCUT2D eigenvalue weighted by molar-refractivity contribution is -0.118. The number of nitrogens with zero attached hydrogens (tertiary/aromatic N) is 1. The summed E-state index contributed by atoms with van der Waals surface area (Å²) in [7, 11) is 0. The second-order valence-electron chi connectivity index (χ2n) is 5.04. The van der Waals surface area contributed by atoms with Crippen LogP contribution in [0, 0.1) is 25.2 Å². The van der Waals surface area contributed by atoms with Crippen molar-refractivity contribution in [3.8, 4) is 6.07 Å². The molecule has 0 aromatic carbocycles. The van der Waals surface area contributed by atoms with Crippen LogP contribution in [0.1, 0.15) is 41.7 Å². The minimum absolute atomic E-state index is 0.0880. The minimum Gasteiger partial charge on any atom is -0.325 e. The highest BCUT2D eigenvalue weighted by molar-refractivity contribution is 7.16. The van der Waals surface area contributed by atoms with Crippen molar-refractivity contribution in [3.05, 3.63) is 16.0 Å². The van der Waals surface area contributed by atoms with E-state index in [9.17, 15) is 4.79 Å². The summed E-state index contributed by atoms with van der Waals surface area (Å²) in [6, 6.07) is 2.15. The van der Waals surface area contributed by atoms with Crippen LogP contribution in [0.4, 0.5) is 5.00 Å². The summed E-state index contributed by atoms with van der Waals surface area (Å²) < 4.78 is 0. The van der Waals surface area contributed by atoms with E-state index in [0.717, 1.165) is 29.7 Å². The number of aryl methyl sites for hydroxylation is 1. The molecule has 2 rings (SSSR count). The van der Waals surface area contributed by atoms with Crippen LogP contribution in [0.15, 0.2) is 0 Å². The summed E-state index contributed by atoms with van der Waals surface area (Å²) in [5.41, 5.74) is 7.24. The predicted octanol–water partition coefficient (Wildman–Crippen LogP) is 2.45. The fourth-order valence-electron chi connectivity index (χ4n) is 2.15. The van der Waals surface area contributed by atoms with E-state index >= 15 is 0 Å². The van der Waals surface area contributed by atoms with E-state index in [1.54, 1.807) is 0 Å². The second kappa shape index (κ2) is 4.71. The lowest BCUT2D eigenvalue weighted by Crippen LogP contribution is -2.48. The Balaban J connectivity index is 2.08. The van der Waals surface area contributed by atoms with E-state index in [1.807, 2.05) is 13.8 Å². The van der Waals surface area contributed by atoms with Gasteiger partial charge in [0.15, 0.2) is 0 Å². The maximum Gasteiger partial charge on any atom is 0.226 e. The molecule has 18 heavy (non-hydrogen) atoms. The normalized spacial score (nSPS) is 16.8. The van der Waals surface area contributed by atoms with Crippen molar-refractivity contribution in [3.63, 3.8) is 0 Å². The average molecular weight is 263 g/mol. The van der Waals surface area contributed by atoms with Crippen molar-refractivity contribution >= 4 is 22.2 Å². The molecule has 4 nitrogen and oxygen atoms in total. The summed E-state index contributed by atoms with van der Waals surface area (Å²) in [5.74, 6) is -0.0880. The monoisotopic (exact) mass is 263 g/mol. The van der Waals surface area contributed by atoms with Crippen molar-refractivity contribution in [1.82, 2.24) is 0 Å². The van der Waals surface area contributed by atoms with Crippen molar-refractivity contribution in [2.75, 3.05) is 5.32 Å². The number of nitrogens with one attached hydrogen (secondary N) is 1. The zero-order valence-electron chi connectivity index (χ0n) is 10.7. The van der Waals surface area contributed by atoms with Crippen LogP contribution >= 0.6 is 11.3 Å². The van der Waals surface area contributed by atoms with Crippen molar-refractivity contribution in [1.29, 1.82) is 5.26 Å². The lowest BCUT2D eigenvalue weighted by Gasteiger charge is -2.37. The molecule has 0 radical (unpaired) electrons. The fraction of sp³-hybridized carbons (Fsp3) is 0.538. The average Bonchev–Trinajstić information content (AvgIpc) is 2.52. The zero-order chi connectivity index (χ0) is 13.3. The van der Waals surface area contributed by atoms with Gasteiger partial charge >= 0.3 is 0 Å². The SMILES string of the molecule is Cc1sc(NC(=O)CC2(N)CCC2)c(C#N)c1C. The lowest BCUT2D eigenvalue weighted by atomic mass is 9.75. The molecule has 1 aromatic heterocycles. The van der Waals surface area contributed by atoms with E-state index in [0.29, 0.717) is 17.0 Å². The molecule has 1 heterocycles. The standard InChI is InChI=1S/C13H17N3OS/c1-8-9(2)18-12(10(8)7-14)16-11(17)6-13(15)4-3-5-13/h3-6,15H2,1-2H3,(H,16,17). The summed E-state index contributed by atoms with van der Waals surface area (Å²) in [6.45, 7) is 3.85. The molecule has 0 spiro atoms. The quantitative estimate of drug-likeness (QED) is 0.879. The number of hydrogen-bond donors (Lipinski definition) is 2. The zero-order valence-corrected chi connectivity index (χ0v) is 11.5. The van der Waals surface area contributed by atoms with Gasteiger partial charge in [-0.1, -0.05) is 0 Å². The predicted molar refractivity (Wildman–Crippen MR) is 72.5 cm³/mol. The van der Waals surface area contributed by atoms with Gasteiger partial charge in [0.25, 0.3) is 0 Å². The van der Waals surface area contributed by atoms with Gasteiger partial charge < -0.3 is 11.1 Å². The largest absolute Gasteiger partial charge is 0.325 e. The van der Waals surface area contributed by atoms with Gasteiger partial charge in [0.05, 0.1) is 5.56 Å². The Kier molecular flexibility index (Phi) is 3.42. The van der Waals surface area contributed by atoms with Crippen molar-refractivity contribution in [2.24, 2.45) is 5.73 Å². The first-order chi connectivity index (χ1) is 8.45. The molecule has 1 aliphatic rings. The highest BCUT2D eigenvalue weighted by Gasteiger charge is 2.34. The van der Waals surface area contributed by atoms with Crippen LogP contribution in [-0.2, 0) is 4.79 Å². The highest BCUT2D eigenvalue weighted by Crippen LogP contribution is 2.34. The first kappa shape index (κ1) is 13.1. The summed E-state index contributed by atoms with van der Waals surface area (Å²) in [4.78, 5) is 13.0. The summed E-state index contributed by atoms with van der Waals surface area (Å²) in [5, 5.41) is 12.6. The number of nitrogens with two attached hydrogens (primary N) is 1. The molecule has 1 saturated carbocycles. The van der Waals surface area contributed by atoms with Gasteiger partial charge in [-0.25, -0.2) is 0 Å². The number of hydrogen-bond acceptors (Lipinski definition) is 4. The van der Waals surface area contributed by atoms with Crippen LogP contribution in [-0.4, -0.2) is 11.4 Å². The maximum absolute atomic E-state index is 11.9. The molecule has 1 amide bonds. The van der Waals surface area contributed by atoms with Gasteiger partial charge in [0.2, 0.25) is 5.91 Å². The molecule has 0 atom stereocenters. The van der Waals surface area contributed by atoms with Crippen molar-refractivity contribution in [2.45, 2.75) is 45.1 Å². The molecule has 1 fully saturated rings. The first-order valence-electron chi connectivity index (χ1n) is 6.04. The van der Waals surface area contributed by atoms with Crippen LogP contribution in [0.5, 0.6) is 0 Å². The van der Waals surface area contributed by atoms with Gasteiger partial charge in [-0.05, 0) is 38.7 Å². The number of amides is 1. The number of anilines is 1. The highest BCUT2D eigenvalue weighted by atomic mass is 32.1. The Bertz CT molecular complexity index is 523. The first-order valence-corrected chi connectivity index (χ1v) is 6.86. The Morgan fingerprint density at radius 2 is 2.22 bits per heavy atom. The Hall–Kier alpha value is -1.38. The van der Waals surface area contributed by atoms with Crippen LogP contribution in [0.25, 0.3) is 0 Å². The van der Waals surface area contributed by atoms with E-state index < -0.39 is 0 Å². The molecule has 5 heteroatoms. The number of rotatable bonds is 3. The number of nitriles is 1. The molecule has 0 aliphatic heterocycles. The molecular formula is C13H17N3OS. The molecule has 0 bridgehead atoms. The van der Waals surface area contributed by atoms with Gasteiger partial charge in [0, 0.05) is 16.8 Å². The molecule has 0 saturated heterocycles. The Morgan fingerprint density at radius 1 is 1.56 bits per heavy atom. The topological polar surface area (TPSA) is 78.9 Å². The van der Waals surface area contributed by atoms with E-state index in [4.69, 9.17) is 11.0 Å². The smallest absolute Gasteiger partial charge is 0.226 e. The molecule has 1 aliphatic carbocycles. The second-order valence-corrected chi connectivity index (χ2v) is 6.26. The third-order valence-corrected chi connectivity index (χ3v) is 4.73. The number of carbonyl (C=O) groups excluding carboxylic acids is 1. The van der Waals surface area contributed by atoms with Crippen molar-refractivity contribution < 1.29 is 4.79 Å². The molecule has 1 aromatic rings. The van der Waals surface area contributed by atoms with E-state index in [2.05, 4.69) is 11.4 Å². The van der Waals surface area contributed by atoms with Crippen LogP contribution in [0.2, 0.25) is 0 Å². The number of carbonyl (C=O) groups is 1. The van der Waals surface area contributed by atoms with E-state index in [-0.39, 0.29) is 11.4 Å². The third-order valence-electron chi connectivity index (χ3n) is 3.61. The summed E-state index contributed by atoms with van der Waals surface area (Å²) in [6.07, 6.45) is 3.26. The Labute approximate surface area is 111 Å². The molecular weight excluding hydrogens is 246 g/mol. The fourth-order valence-corrected chi connectivity index (χ4v) is 3.17. The van der Waals surface area contributed by atoms with Crippen LogP contribution in [0.3, 0.4) is 0 Å². The maximum atomic E-state index is 11.9. The van der Waals surface area contributed by atoms with Gasteiger partial charge in [0.1, 0.15) is 11.1 Å². The molecule has 96 valence electrons. The van der Waals surface area contributed by atoms with Gasteiger partial charge in [-0.15, -0.1) is 11.3 Å². The molecule has 3 N–H and O–H groups in total. The third kappa shape index (κ3) is 2.40. The van der Waals surface area contributed by atoms with Gasteiger partial charge in [-0.3, -0.25) is 4.79 Å². The van der Waals surface area contributed by atoms with Gasteiger partial charge in [-0.2, -0.15) is 5.26 Å².